The van der Waals surface area contributed by atoms with Crippen LogP contribution >= 0.6 is 11.6 Å². The van der Waals surface area contributed by atoms with Gasteiger partial charge in [-0.25, -0.2) is 4.98 Å². The zero-order valence-corrected chi connectivity index (χ0v) is 17.0. The van der Waals surface area contributed by atoms with E-state index >= 15 is 0 Å². The van der Waals surface area contributed by atoms with E-state index in [4.69, 9.17) is 16.3 Å². The van der Waals surface area contributed by atoms with Crippen molar-refractivity contribution >= 4 is 23.4 Å². The molecule has 0 unspecified atom stereocenters. The summed E-state index contributed by atoms with van der Waals surface area (Å²) in [7, 11) is 0. The highest BCUT2D eigenvalue weighted by Gasteiger charge is 2.32. The minimum atomic E-state index is 0.314. The van der Waals surface area contributed by atoms with E-state index in [1.165, 1.54) is 5.56 Å². The predicted octanol–water partition coefficient (Wildman–Crippen LogP) is 3.23. The SMILES string of the molecule is CCOc1cc(CN2CCC(N3c4ccc(cn4)-n4nnnc43)CC2)ccc1Cl. The fourth-order valence-corrected chi connectivity index (χ4v) is 4.28. The Bertz CT molecular complexity index is 998. The molecule has 0 atom stereocenters. The second kappa shape index (κ2) is 7.61. The first kappa shape index (κ1) is 18.3. The Hall–Kier alpha value is -2.71. The van der Waals surface area contributed by atoms with Gasteiger partial charge in [-0.15, -0.1) is 0 Å². The number of anilines is 2. The number of aromatic nitrogens is 5. The molecule has 2 aromatic heterocycles. The molecule has 1 aromatic carbocycles. The molecule has 5 heterocycles. The highest BCUT2D eigenvalue weighted by Crippen LogP contribution is 2.33. The van der Waals surface area contributed by atoms with Crippen molar-refractivity contribution in [2.24, 2.45) is 0 Å². The number of fused-ring (bicyclic) bond motifs is 2. The fraction of sp³-hybridized carbons (Fsp3) is 0.400. The number of piperidine rings is 1. The van der Waals surface area contributed by atoms with Gasteiger partial charge in [0.25, 0.3) is 5.95 Å². The van der Waals surface area contributed by atoms with Gasteiger partial charge >= 0.3 is 0 Å². The Morgan fingerprint density at radius 1 is 1.17 bits per heavy atom. The fourth-order valence-electron chi connectivity index (χ4n) is 4.10. The number of benzene rings is 1. The van der Waals surface area contributed by atoms with Gasteiger partial charge in [-0.2, -0.15) is 4.68 Å². The molecule has 0 spiro atoms. The van der Waals surface area contributed by atoms with Crippen LogP contribution in [0.3, 0.4) is 0 Å². The number of nitrogens with zero attached hydrogens (tertiary/aromatic N) is 7. The maximum Gasteiger partial charge on any atom is 0.256 e. The summed E-state index contributed by atoms with van der Waals surface area (Å²) in [5.41, 5.74) is 2.11. The number of tetrazole rings is 1. The van der Waals surface area contributed by atoms with E-state index < -0.39 is 0 Å². The van der Waals surface area contributed by atoms with Gasteiger partial charge in [-0.3, -0.25) is 9.80 Å². The van der Waals surface area contributed by atoms with Gasteiger partial charge in [0.1, 0.15) is 11.6 Å². The number of halogens is 1. The van der Waals surface area contributed by atoms with E-state index in [2.05, 4.69) is 36.4 Å². The van der Waals surface area contributed by atoms with Crippen molar-refractivity contribution in [3.63, 3.8) is 0 Å². The summed E-state index contributed by atoms with van der Waals surface area (Å²) in [6.45, 7) is 5.45. The Morgan fingerprint density at radius 3 is 2.79 bits per heavy atom. The third kappa shape index (κ3) is 3.42. The molecule has 1 saturated heterocycles. The van der Waals surface area contributed by atoms with Crippen molar-refractivity contribution in [2.45, 2.75) is 32.4 Å². The molecule has 3 aromatic rings. The Labute approximate surface area is 174 Å². The average Bonchev–Trinajstić information content (AvgIpc) is 3.12. The first-order valence-corrected chi connectivity index (χ1v) is 10.3. The summed E-state index contributed by atoms with van der Waals surface area (Å²) < 4.78 is 7.38. The van der Waals surface area contributed by atoms with Crippen molar-refractivity contribution in [3.8, 4) is 11.4 Å². The minimum Gasteiger partial charge on any atom is -0.492 e. The Morgan fingerprint density at radius 2 is 2.03 bits per heavy atom. The molecule has 2 bridgehead atoms. The second-order valence-electron chi connectivity index (χ2n) is 7.34. The standard InChI is InChI=1S/C20H22ClN7O/c1-2-29-18-11-14(3-5-17(18)21)13-26-9-7-15(8-10-26)27-19-6-4-16(12-22-19)28-20(27)23-24-25-28/h3-6,11-12,15H,2,7-10,13H2,1H3. The summed E-state index contributed by atoms with van der Waals surface area (Å²) in [6, 6.07) is 10.4. The molecule has 0 N–H and O–H groups in total. The molecule has 0 amide bonds. The minimum absolute atomic E-state index is 0.314. The van der Waals surface area contributed by atoms with E-state index in [0.717, 1.165) is 55.7 Å². The van der Waals surface area contributed by atoms with Crippen LogP contribution in [0.5, 0.6) is 5.75 Å². The van der Waals surface area contributed by atoms with Gasteiger partial charge in [0.15, 0.2) is 0 Å². The maximum absolute atomic E-state index is 6.22. The van der Waals surface area contributed by atoms with Crippen LogP contribution in [0.2, 0.25) is 5.02 Å². The number of ether oxygens (including phenoxy) is 1. The summed E-state index contributed by atoms with van der Waals surface area (Å²) in [5, 5.41) is 12.9. The Balaban J connectivity index is 1.28. The van der Waals surface area contributed by atoms with Crippen LogP contribution < -0.4 is 9.64 Å². The highest BCUT2D eigenvalue weighted by atomic mass is 35.5. The number of hydrogen-bond donors (Lipinski definition) is 0. The van der Waals surface area contributed by atoms with Gasteiger partial charge in [-0.05, 0) is 60.0 Å². The van der Waals surface area contributed by atoms with Crippen LogP contribution in [0.4, 0.5) is 11.8 Å². The zero-order valence-electron chi connectivity index (χ0n) is 16.2. The molecular weight excluding hydrogens is 390 g/mol. The van der Waals surface area contributed by atoms with Crippen LogP contribution in [0.25, 0.3) is 5.69 Å². The highest BCUT2D eigenvalue weighted by molar-refractivity contribution is 6.32. The predicted molar refractivity (Wildman–Crippen MR) is 110 cm³/mol. The normalized spacial score (nSPS) is 16.7. The van der Waals surface area contributed by atoms with Crippen molar-refractivity contribution in [3.05, 3.63) is 47.1 Å². The van der Waals surface area contributed by atoms with Crippen LogP contribution in [0, 0.1) is 0 Å². The lowest BCUT2D eigenvalue weighted by Gasteiger charge is -2.37. The number of pyridine rings is 1. The van der Waals surface area contributed by atoms with E-state index in [9.17, 15) is 0 Å². The molecule has 6 rings (SSSR count). The number of rotatable bonds is 5. The lowest BCUT2D eigenvalue weighted by atomic mass is 10.0. The van der Waals surface area contributed by atoms with Crippen LogP contribution in [-0.2, 0) is 6.54 Å². The van der Waals surface area contributed by atoms with E-state index in [1.54, 1.807) is 4.68 Å². The molecule has 0 radical (unpaired) electrons. The lowest BCUT2D eigenvalue weighted by Crippen LogP contribution is -2.43. The molecule has 150 valence electrons. The summed E-state index contributed by atoms with van der Waals surface area (Å²) in [6.07, 6.45) is 3.85. The van der Waals surface area contributed by atoms with Crippen LogP contribution in [-0.4, -0.2) is 55.8 Å². The van der Waals surface area contributed by atoms with E-state index in [-0.39, 0.29) is 0 Å². The molecule has 0 saturated carbocycles. The summed E-state index contributed by atoms with van der Waals surface area (Å²) in [4.78, 5) is 9.23. The van der Waals surface area contributed by atoms with Crippen molar-refractivity contribution in [2.75, 3.05) is 24.6 Å². The third-order valence-corrected chi connectivity index (χ3v) is 5.83. The number of likely N-dealkylation sites (tertiary alicyclic amines) is 1. The average molecular weight is 412 g/mol. The third-order valence-electron chi connectivity index (χ3n) is 5.52. The van der Waals surface area contributed by atoms with E-state index in [1.807, 2.05) is 37.4 Å². The van der Waals surface area contributed by atoms with Crippen molar-refractivity contribution < 1.29 is 4.74 Å². The largest absolute Gasteiger partial charge is 0.492 e. The first-order chi connectivity index (χ1) is 14.2. The van der Waals surface area contributed by atoms with Gasteiger partial charge in [0, 0.05) is 25.7 Å². The summed E-state index contributed by atoms with van der Waals surface area (Å²) in [5.74, 6) is 2.40. The number of hydrogen-bond acceptors (Lipinski definition) is 7. The maximum atomic E-state index is 6.22. The van der Waals surface area contributed by atoms with Crippen LogP contribution in [0.15, 0.2) is 36.5 Å². The van der Waals surface area contributed by atoms with Gasteiger partial charge in [0.2, 0.25) is 0 Å². The molecular formula is C20H22ClN7O. The van der Waals surface area contributed by atoms with Gasteiger partial charge < -0.3 is 4.74 Å². The lowest BCUT2D eigenvalue weighted by molar-refractivity contribution is 0.204. The molecule has 1 fully saturated rings. The smallest absolute Gasteiger partial charge is 0.256 e. The first-order valence-electron chi connectivity index (χ1n) is 9.90. The quantitative estimate of drug-likeness (QED) is 0.638. The molecule has 3 aliphatic rings. The van der Waals surface area contributed by atoms with Crippen molar-refractivity contribution in [1.82, 2.24) is 30.1 Å². The topological polar surface area (TPSA) is 72.2 Å². The van der Waals surface area contributed by atoms with Gasteiger partial charge in [0.05, 0.1) is 23.5 Å². The molecule has 9 heteroatoms. The summed E-state index contributed by atoms with van der Waals surface area (Å²) >= 11 is 6.22. The molecule has 8 nitrogen and oxygen atoms in total. The molecule has 3 aliphatic heterocycles. The zero-order chi connectivity index (χ0) is 19.8. The van der Waals surface area contributed by atoms with E-state index in [0.29, 0.717) is 17.7 Å². The van der Waals surface area contributed by atoms with Gasteiger partial charge in [-0.1, -0.05) is 22.8 Å². The van der Waals surface area contributed by atoms with Crippen LogP contribution in [0.1, 0.15) is 25.3 Å². The molecule has 29 heavy (non-hydrogen) atoms. The van der Waals surface area contributed by atoms with Crippen molar-refractivity contribution in [1.29, 1.82) is 0 Å². The monoisotopic (exact) mass is 411 g/mol. The molecule has 0 aliphatic carbocycles. The Kier molecular flexibility index (Phi) is 4.81. The second-order valence-corrected chi connectivity index (χ2v) is 7.75.